The van der Waals surface area contributed by atoms with Crippen LogP contribution in [0.4, 0.5) is 0 Å². The maximum atomic E-state index is 8.25. The molecule has 0 unspecified atom stereocenters. The van der Waals surface area contributed by atoms with Gasteiger partial charge in [-0.3, -0.25) is 0 Å². The summed E-state index contributed by atoms with van der Waals surface area (Å²) in [5.74, 6) is 0. The summed E-state index contributed by atoms with van der Waals surface area (Å²) >= 11 is 0. The average molecular weight is 275 g/mol. The molecule has 0 amide bonds. The fraction of sp³-hybridized carbons (Fsp3) is 0. The van der Waals surface area contributed by atoms with E-state index in [0.29, 0.717) is 0 Å². The topological polar surface area (TPSA) is 97.7 Å². The summed E-state index contributed by atoms with van der Waals surface area (Å²) in [6.45, 7) is 0. The Bertz CT molecular complexity index is 30.5. The van der Waals surface area contributed by atoms with E-state index in [1.54, 1.807) is 0 Å². The van der Waals surface area contributed by atoms with E-state index < -0.39 is 5.09 Å². The van der Waals surface area contributed by atoms with Gasteiger partial charge in [0, 0.05) is 21.1 Å². The molecule has 0 fully saturated rings. The Labute approximate surface area is 47.6 Å². The van der Waals surface area contributed by atoms with Crippen LogP contribution >= 0.6 is 0 Å². The maximum Gasteiger partial charge on any atom is 0.0689 e. The van der Waals surface area contributed by atoms with Crippen LogP contribution in [-0.4, -0.2) is 10.6 Å². The summed E-state index contributed by atoms with van der Waals surface area (Å²) in [6, 6.07) is 0. The van der Waals surface area contributed by atoms with Gasteiger partial charge in [-0.05, 0) is 0 Å². The molecule has 0 spiro atoms. The van der Waals surface area contributed by atoms with Crippen LogP contribution in [0.2, 0.25) is 0 Å². The Morgan fingerprint density at radius 3 is 1.33 bits per heavy atom. The zero-order valence-corrected chi connectivity index (χ0v) is 4.76. The summed E-state index contributed by atoms with van der Waals surface area (Å²) in [5, 5.41) is 14.8. The van der Waals surface area contributed by atoms with Gasteiger partial charge in [-0.15, -0.1) is 0 Å². The molecule has 0 aliphatic rings. The van der Waals surface area contributed by atoms with Crippen LogP contribution in [-0.2, 0) is 21.1 Å². The molecule has 0 aliphatic carbocycles. The Morgan fingerprint density at radius 1 is 1.33 bits per heavy atom. The Kier molecular flexibility index (Phi) is 25.0. The third-order valence-electron chi connectivity index (χ3n) is 0. The van der Waals surface area contributed by atoms with Crippen LogP contribution in [0.3, 0.4) is 0 Å². The molecule has 6 heavy (non-hydrogen) atoms. The van der Waals surface area contributed by atoms with Gasteiger partial charge in [0.05, 0.1) is 5.09 Å². The zero-order valence-electron chi connectivity index (χ0n) is 2.49. The second-order valence-corrected chi connectivity index (χ2v) is 0.224. The summed E-state index contributed by atoms with van der Waals surface area (Å²) in [7, 11) is 0. The molecule has 0 heterocycles. The molecule has 0 aliphatic heterocycles. The molecule has 0 saturated heterocycles. The van der Waals surface area contributed by atoms with Gasteiger partial charge in [-0.25, -0.2) is 0 Å². The van der Waals surface area contributed by atoms with E-state index in [1.165, 1.54) is 0 Å². The smallest absolute Gasteiger partial charge is 0.0689 e. The SMILES string of the molecule is O.O=[N+]([O-])[O-].[Pt]. The Hall–Kier alpha value is -0.152. The fourth-order valence-electron chi connectivity index (χ4n) is 0. The second kappa shape index (κ2) is 8.85. The molecular formula is H2NO4Pt-. The van der Waals surface area contributed by atoms with Gasteiger partial charge in [-0.2, -0.15) is 0 Å². The van der Waals surface area contributed by atoms with Crippen molar-refractivity contribution >= 4 is 0 Å². The van der Waals surface area contributed by atoms with Crippen molar-refractivity contribution in [3.05, 3.63) is 15.3 Å². The van der Waals surface area contributed by atoms with E-state index in [-0.39, 0.29) is 26.5 Å². The third-order valence-corrected chi connectivity index (χ3v) is 0. The molecule has 0 atom stereocenters. The van der Waals surface area contributed by atoms with E-state index in [1.807, 2.05) is 0 Å². The summed E-state index contributed by atoms with van der Waals surface area (Å²) in [6.07, 6.45) is 0. The van der Waals surface area contributed by atoms with Crippen molar-refractivity contribution in [2.45, 2.75) is 0 Å². The van der Waals surface area contributed by atoms with Gasteiger partial charge in [0.25, 0.3) is 0 Å². The van der Waals surface area contributed by atoms with Crippen LogP contribution in [0.25, 0.3) is 0 Å². The molecule has 0 bridgehead atoms. The third kappa shape index (κ3) is 1360. The van der Waals surface area contributed by atoms with Crippen LogP contribution in [0, 0.1) is 15.3 Å². The number of rotatable bonds is 0. The number of nitrogens with zero attached hydrogens (tertiary/aromatic N) is 1. The minimum atomic E-state index is -1.75. The molecule has 0 aromatic heterocycles. The van der Waals surface area contributed by atoms with Crippen molar-refractivity contribution < 1.29 is 31.6 Å². The predicted molar refractivity (Wildman–Crippen MR) is 14.0 cm³/mol. The molecular weight excluding hydrogens is 273 g/mol. The molecule has 0 aromatic carbocycles. The van der Waals surface area contributed by atoms with Crippen LogP contribution in [0.1, 0.15) is 0 Å². The molecule has 0 aromatic rings. The molecule has 42 valence electrons. The molecule has 5 nitrogen and oxygen atoms in total. The maximum absolute atomic E-state index is 8.25. The normalized spacial score (nSPS) is 4.00. The van der Waals surface area contributed by atoms with Crippen molar-refractivity contribution in [2.24, 2.45) is 0 Å². The molecule has 6 heteroatoms. The van der Waals surface area contributed by atoms with Gasteiger partial charge in [0.1, 0.15) is 0 Å². The van der Waals surface area contributed by atoms with Gasteiger partial charge in [0.15, 0.2) is 0 Å². The Morgan fingerprint density at radius 2 is 1.33 bits per heavy atom. The first-order valence-corrected chi connectivity index (χ1v) is 0.548. The standard InChI is InChI=1S/NO3.H2O.Pt/c2-1(3)4;;/h;1H2;/q-1;;. The summed E-state index contributed by atoms with van der Waals surface area (Å²) in [5.41, 5.74) is 0. The van der Waals surface area contributed by atoms with Crippen molar-refractivity contribution in [3.63, 3.8) is 0 Å². The van der Waals surface area contributed by atoms with Gasteiger partial charge < -0.3 is 20.8 Å². The van der Waals surface area contributed by atoms with Crippen LogP contribution in [0.15, 0.2) is 0 Å². The van der Waals surface area contributed by atoms with Gasteiger partial charge >= 0.3 is 0 Å². The first kappa shape index (κ1) is 16.9. The van der Waals surface area contributed by atoms with Crippen molar-refractivity contribution in [1.82, 2.24) is 0 Å². The summed E-state index contributed by atoms with van der Waals surface area (Å²) in [4.78, 5) is 8.25. The van der Waals surface area contributed by atoms with E-state index in [0.717, 1.165) is 0 Å². The van der Waals surface area contributed by atoms with E-state index in [9.17, 15) is 0 Å². The first-order valence-electron chi connectivity index (χ1n) is 0.548. The molecule has 0 rings (SSSR count). The summed E-state index contributed by atoms with van der Waals surface area (Å²) < 4.78 is 0. The van der Waals surface area contributed by atoms with Crippen molar-refractivity contribution in [2.75, 3.05) is 0 Å². The zero-order chi connectivity index (χ0) is 3.58. The average Bonchev–Trinajstić information content (AvgIpc) is 0.811. The van der Waals surface area contributed by atoms with Gasteiger partial charge in [0.2, 0.25) is 0 Å². The number of hydrogen-bond acceptors (Lipinski definition) is 3. The van der Waals surface area contributed by atoms with E-state index >= 15 is 0 Å². The van der Waals surface area contributed by atoms with Crippen molar-refractivity contribution in [3.8, 4) is 0 Å². The van der Waals surface area contributed by atoms with Crippen molar-refractivity contribution in [1.29, 1.82) is 0 Å². The Balaban J connectivity index is -0.0000000450. The fourth-order valence-corrected chi connectivity index (χ4v) is 0. The van der Waals surface area contributed by atoms with Crippen LogP contribution in [0.5, 0.6) is 0 Å². The van der Waals surface area contributed by atoms with E-state index in [2.05, 4.69) is 0 Å². The predicted octanol–water partition coefficient (Wildman–Crippen LogP) is -1.07. The quantitative estimate of drug-likeness (QED) is 0.416. The largest absolute Gasteiger partial charge is 0.412 e. The van der Waals surface area contributed by atoms with Crippen LogP contribution < -0.4 is 0 Å². The van der Waals surface area contributed by atoms with Gasteiger partial charge in [-0.1, -0.05) is 0 Å². The minimum absolute atomic E-state index is 0. The molecule has 0 saturated carbocycles. The van der Waals surface area contributed by atoms with E-state index in [4.69, 9.17) is 15.3 Å². The molecule has 0 radical (unpaired) electrons. The first-order chi connectivity index (χ1) is 1.73. The second-order valence-electron chi connectivity index (χ2n) is 0.224. The minimum Gasteiger partial charge on any atom is -0.412 e. The number of hydrogen-bond donors (Lipinski definition) is 0. The molecule has 2 N–H and O–H groups in total. The monoisotopic (exact) mass is 275 g/mol.